The van der Waals surface area contributed by atoms with Crippen molar-refractivity contribution in [3.63, 3.8) is 0 Å². The Kier molecular flexibility index (Phi) is 3.91. The molecule has 1 aromatic heterocycles. The Bertz CT molecular complexity index is 622. The molecule has 0 fully saturated rings. The molecule has 19 heavy (non-hydrogen) atoms. The maximum Gasteiger partial charge on any atom is 0.143 e. The molecule has 0 bridgehead atoms. The Morgan fingerprint density at radius 2 is 1.95 bits per heavy atom. The Hall–Kier alpha value is -1.80. The Balaban J connectivity index is 2.31. The molecule has 0 aliphatic heterocycles. The number of halogens is 1. The van der Waals surface area contributed by atoms with E-state index < -0.39 is 6.04 Å². The monoisotopic (exact) mass is 318 g/mol. The molecule has 1 unspecified atom stereocenters. The van der Waals surface area contributed by atoms with Crippen molar-refractivity contribution in [1.29, 1.82) is 5.26 Å². The average molecular weight is 319 g/mol. The Morgan fingerprint density at radius 1 is 1.32 bits per heavy atom. The SMILES string of the molecule is Cc1nn(C)c(C)c1C(C#N)Nc1ccc(Br)cc1. The molecular weight excluding hydrogens is 304 g/mol. The van der Waals surface area contributed by atoms with Crippen molar-refractivity contribution in [3.05, 3.63) is 45.7 Å². The minimum Gasteiger partial charge on any atom is -0.366 e. The number of hydrogen-bond acceptors (Lipinski definition) is 3. The lowest BCUT2D eigenvalue weighted by atomic mass is 10.1. The van der Waals surface area contributed by atoms with E-state index >= 15 is 0 Å². The fourth-order valence-electron chi connectivity index (χ4n) is 2.09. The van der Waals surface area contributed by atoms with E-state index in [1.54, 1.807) is 4.68 Å². The van der Waals surface area contributed by atoms with Gasteiger partial charge in [-0.05, 0) is 38.1 Å². The molecule has 0 amide bonds. The summed E-state index contributed by atoms with van der Waals surface area (Å²) in [6.07, 6.45) is 0. The molecule has 1 atom stereocenters. The van der Waals surface area contributed by atoms with Gasteiger partial charge in [-0.25, -0.2) is 0 Å². The molecule has 1 aromatic carbocycles. The number of benzene rings is 1. The summed E-state index contributed by atoms with van der Waals surface area (Å²) in [4.78, 5) is 0. The van der Waals surface area contributed by atoms with Crippen LogP contribution in [0.5, 0.6) is 0 Å². The Labute approximate surface area is 121 Å². The second kappa shape index (κ2) is 5.45. The lowest BCUT2D eigenvalue weighted by Crippen LogP contribution is -2.10. The number of aryl methyl sites for hydroxylation is 2. The second-order valence-corrected chi connectivity index (χ2v) is 5.34. The van der Waals surface area contributed by atoms with Gasteiger partial charge in [0, 0.05) is 28.5 Å². The maximum atomic E-state index is 9.39. The molecular formula is C14H15BrN4. The first-order chi connectivity index (χ1) is 9.02. The zero-order chi connectivity index (χ0) is 14.0. The van der Waals surface area contributed by atoms with E-state index in [0.29, 0.717) is 0 Å². The van der Waals surface area contributed by atoms with Gasteiger partial charge in [-0.3, -0.25) is 4.68 Å². The zero-order valence-corrected chi connectivity index (χ0v) is 12.7. The maximum absolute atomic E-state index is 9.39. The van der Waals surface area contributed by atoms with Gasteiger partial charge in [0.15, 0.2) is 0 Å². The smallest absolute Gasteiger partial charge is 0.143 e. The molecule has 0 aliphatic rings. The fourth-order valence-corrected chi connectivity index (χ4v) is 2.35. The topological polar surface area (TPSA) is 53.6 Å². The highest BCUT2D eigenvalue weighted by Crippen LogP contribution is 2.25. The van der Waals surface area contributed by atoms with E-state index in [0.717, 1.165) is 27.1 Å². The third kappa shape index (κ3) is 2.79. The predicted octanol–water partition coefficient (Wildman–Crippen LogP) is 3.48. The van der Waals surface area contributed by atoms with Gasteiger partial charge in [0.2, 0.25) is 0 Å². The minimum absolute atomic E-state index is 0.394. The first-order valence-electron chi connectivity index (χ1n) is 5.94. The summed E-state index contributed by atoms with van der Waals surface area (Å²) in [5.74, 6) is 0. The molecule has 0 spiro atoms. The van der Waals surface area contributed by atoms with Crippen LogP contribution in [0.4, 0.5) is 5.69 Å². The van der Waals surface area contributed by atoms with Gasteiger partial charge in [-0.1, -0.05) is 15.9 Å². The zero-order valence-electron chi connectivity index (χ0n) is 11.1. The van der Waals surface area contributed by atoms with E-state index in [-0.39, 0.29) is 0 Å². The van der Waals surface area contributed by atoms with Gasteiger partial charge in [0.1, 0.15) is 6.04 Å². The van der Waals surface area contributed by atoms with Gasteiger partial charge < -0.3 is 5.32 Å². The van der Waals surface area contributed by atoms with Gasteiger partial charge in [-0.2, -0.15) is 10.4 Å². The van der Waals surface area contributed by atoms with Crippen molar-refractivity contribution in [2.45, 2.75) is 19.9 Å². The number of aromatic nitrogens is 2. The van der Waals surface area contributed by atoms with Crippen LogP contribution in [0.25, 0.3) is 0 Å². The first kappa shape index (κ1) is 13.6. The van der Waals surface area contributed by atoms with E-state index in [2.05, 4.69) is 32.4 Å². The molecule has 1 N–H and O–H groups in total. The first-order valence-corrected chi connectivity index (χ1v) is 6.74. The van der Waals surface area contributed by atoms with Crippen molar-refractivity contribution < 1.29 is 0 Å². The minimum atomic E-state index is -0.394. The summed E-state index contributed by atoms with van der Waals surface area (Å²) in [6.45, 7) is 3.90. The van der Waals surface area contributed by atoms with Crippen LogP contribution in [0.1, 0.15) is 23.0 Å². The summed E-state index contributed by atoms with van der Waals surface area (Å²) < 4.78 is 2.82. The third-order valence-electron chi connectivity index (χ3n) is 3.14. The van der Waals surface area contributed by atoms with Crippen LogP contribution in [0, 0.1) is 25.2 Å². The van der Waals surface area contributed by atoms with Crippen LogP contribution in [0.15, 0.2) is 28.7 Å². The molecule has 0 saturated heterocycles. The van der Waals surface area contributed by atoms with Crippen molar-refractivity contribution in [2.75, 3.05) is 5.32 Å². The van der Waals surface area contributed by atoms with Crippen molar-refractivity contribution >= 4 is 21.6 Å². The third-order valence-corrected chi connectivity index (χ3v) is 3.67. The molecule has 98 valence electrons. The van der Waals surface area contributed by atoms with Crippen LogP contribution >= 0.6 is 15.9 Å². The number of hydrogen-bond donors (Lipinski definition) is 1. The van der Waals surface area contributed by atoms with Crippen LogP contribution < -0.4 is 5.32 Å². The van der Waals surface area contributed by atoms with E-state index in [4.69, 9.17) is 0 Å². The van der Waals surface area contributed by atoms with E-state index in [1.807, 2.05) is 45.2 Å². The summed E-state index contributed by atoms with van der Waals surface area (Å²) in [5, 5.41) is 17.0. The van der Waals surface area contributed by atoms with Crippen LogP contribution in [0.3, 0.4) is 0 Å². The molecule has 0 saturated carbocycles. The molecule has 2 aromatic rings. The van der Waals surface area contributed by atoms with Crippen LogP contribution in [-0.2, 0) is 7.05 Å². The molecule has 1 heterocycles. The number of rotatable bonds is 3. The van der Waals surface area contributed by atoms with Gasteiger partial charge in [0.25, 0.3) is 0 Å². The summed E-state index contributed by atoms with van der Waals surface area (Å²) in [6, 6.07) is 9.67. The van der Waals surface area contributed by atoms with Gasteiger partial charge >= 0.3 is 0 Å². The normalized spacial score (nSPS) is 11.9. The van der Waals surface area contributed by atoms with Crippen molar-refractivity contribution in [1.82, 2.24) is 9.78 Å². The number of nitrogens with one attached hydrogen (secondary N) is 1. The average Bonchev–Trinajstić information content (AvgIpc) is 2.63. The lowest BCUT2D eigenvalue weighted by molar-refractivity contribution is 0.729. The highest BCUT2D eigenvalue weighted by atomic mass is 79.9. The molecule has 2 rings (SSSR count). The van der Waals surface area contributed by atoms with E-state index in [9.17, 15) is 5.26 Å². The molecule has 5 heteroatoms. The Morgan fingerprint density at radius 3 is 2.42 bits per heavy atom. The van der Waals surface area contributed by atoms with Crippen molar-refractivity contribution in [2.24, 2.45) is 7.05 Å². The standard InChI is InChI=1S/C14H15BrN4/c1-9-14(10(2)19(3)18-9)13(8-16)17-12-6-4-11(15)5-7-12/h4-7,13,17H,1-3H3. The quantitative estimate of drug-likeness (QED) is 0.942. The van der Waals surface area contributed by atoms with Crippen LogP contribution in [-0.4, -0.2) is 9.78 Å². The van der Waals surface area contributed by atoms with E-state index in [1.165, 1.54) is 0 Å². The molecule has 0 aliphatic carbocycles. The lowest BCUT2D eigenvalue weighted by Gasteiger charge is -2.13. The highest BCUT2D eigenvalue weighted by Gasteiger charge is 2.19. The predicted molar refractivity (Wildman–Crippen MR) is 78.8 cm³/mol. The largest absolute Gasteiger partial charge is 0.366 e. The van der Waals surface area contributed by atoms with Gasteiger partial charge in [0.05, 0.1) is 11.8 Å². The summed E-state index contributed by atoms with van der Waals surface area (Å²) in [5.41, 5.74) is 3.76. The van der Waals surface area contributed by atoms with Gasteiger partial charge in [-0.15, -0.1) is 0 Å². The molecule has 0 radical (unpaired) electrons. The number of nitriles is 1. The number of nitrogens with zero attached hydrogens (tertiary/aromatic N) is 3. The summed E-state index contributed by atoms with van der Waals surface area (Å²) >= 11 is 3.39. The fraction of sp³-hybridized carbons (Fsp3) is 0.286. The second-order valence-electron chi connectivity index (χ2n) is 4.42. The highest BCUT2D eigenvalue weighted by molar-refractivity contribution is 9.10. The number of anilines is 1. The summed E-state index contributed by atoms with van der Waals surface area (Å²) in [7, 11) is 1.89. The molecule has 4 nitrogen and oxygen atoms in total. The van der Waals surface area contributed by atoms with Crippen molar-refractivity contribution in [3.8, 4) is 6.07 Å². The van der Waals surface area contributed by atoms with Crippen LogP contribution in [0.2, 0.25) is 0 Å².